The Morgan fingerprint density at radius 1 is 0.953 bits per heavy atom. The average molecular weight is 601 g/mol. The van der Waals surface area contributed by atoms with Crippen molar-refractivity contribution in [2.75, 3.05) is 13.2 Å². The number of Topliss-reactive ketones (excluding diaryl/α,β-unsaturated/α-hetero) is 1. The van der Waals surface area contributed by atoms with Gasteiger partial charge >= 0.3 is 5.97 Å². The molecule has 1 saturated heterocycles. The predicted molar refractivity (Wildman–Crippen MR) is 165 cm³/mol. The SMILES string of the molecule is CC(=O)O[C@@]12CCCCCCCCCCCCCCO[C@]13[C@H]([C@@H]1C=C(CO)C[C@]4(O)C(=O)C(C)=C[C@H]4[C@@]1(O)[C@@H]2C)C3(C)C. The Hall–Kier alpha value is -1.54. The quantitative estimate of drug-likeness (QED) is 0.264. The molecular formula is C36H56O7. The van der Waals surface area contributed by atoms with E-state index in [1.54, 1.807) is 13.0 Å². The zero-order valence-corrected chi connectivity index (χ0v) is 27.3. The minimum absolute atomic E-state index is 0.0338. The lowest BCUT2D eigenvalue weighted by Crippen LogP contribution is -2.71. The Kier molecular flexibility index (Phi) is 9.16. The lowest BCUT2D eigenvalue weighted by Gasteiger charge is -2.59. The second kappa shape index (κ2) is 12.0. The van der Waals surface area contributed by atoms with Gasteiger partial charge in [0.05, 0.1) is 12.2 Å². The minimum Gasteiger partial charge on any atom is -0.456 e. The standard InChI is InChI=1S/C36H56O7/c1-24-20-29-33(40,31(24)39)22-27(23-37)21-28-30-32(4,5)36(30)34(43-26(3)38,25(2)35(28,29)41)18-16-14-12-10-8-6-7-9-11-13-15-17-19-42-36/h20-21,25,28-30,37,40-41H,6-19,22-23H2,1-5H3/t25-,28+,29-,30-,33-,34-,35-,36+/m1/s1. The summed E-state index contributed by atoms with van der Waals surface area (Å²) in [5.41, 5.74) is -4.99. The van der Waals surface area contributed by atoms with E-state index in [9.17, 15) is 24.9 Å². The summed E-state index contributed by atoms with van der Waals surface area (Å²) in [7, 11) is 0. The number of hydrogen-bond donors (Lipinski definition) is 3. The minimum atomic E-state index is -1.87. The molecular weight excluding hydrogens is 544 g/mol. The Bertz CT molecular complexity index is 1140. The monoisotopic (exact) mass is 600 g/mol. The molecule has 0 unspecified atom stereocenters. The first-order valence-electron chi connectivity index (χ1n) is 17.2. The summed E-state index contributed by atoms with van der Waals surface area (Å²) in [5.74, 6) is -3.12. The summed E-state index contributed by atoms with van der Waals surface area (Å²) in [4.78, 5) is 26.6. The van der Waals surface area contributed by atoms with Gasteiger partial charge in [-0.3, -0.25) is 9.59 Å². The van der Waals surface area contributed by atoms with Gasteiger partial charge in [0.1, 0.15) is 16.8 Å². The van der Waals surface area contributed by atoms with Crippen molar-refractivity contribution in [2.24, 2.45) is 29.1 Å². The van der Waals surface area contributed by atoms with E-state index in [0.717, 1.165) is 32.1 Å². The molecule has 7 heteroatoms. The third kappa shape index (κ3) is 4.90. The van der Waals surface area contributed by atoms with Crippen molar-refractivity contribution in [3.63, 3.8) is 0 Å². The van der Waals surface area contributed by atoms with E-state index >= 15 is 0 Å². The first-order chi connectivity index (χ1) is 20.3. The number of esters is 1. The maximum atomic E-state index is 13.5. The molecule has 43 heavy (non-hydrogen) atoms. The van der Waals surface area contributed by atoms with Crippen molar-refractivity contribution < 1.29 is 34.4 Å². The molecule has 7 nitrogen and oxygen atoms in total. The van der Waals surface area contributed by atoms with Gasteiger partial charge in [0, 0.05) is 49.0 Å². The Labute approximate surface area is 258 Å². The largest absolute Gasteiger partial charge is 0.456 e. The molecule has 3 N–H and O–H groups in total. The molecule has 0 radical (unpaired) electrons. The van der Waals surface area contributed by atoms with Gasteiger partial charge in [-0.15, -0.1) is 0 Å². The van der Waals surface area contributed by atoms with Crippen LogP contribution in [0.15, 0.2) is 23.3 Å². The van der Waals surface area contributed by atoms with Gasteiger partial charge in [-0.2, -0.15) is 0 Å². The number of ketones is 1. The number of aliphatic hydroxyl groups excluding tert-OH is 1. The number of hydrogen-bond acceptors (Lipinski definition) is 7. The number of aliphatic hydroxyl groups is 3. The van der Waals surface area contributed by atoms with Gasteiger partial charge in [-0.05, 0) is 37.3 Å². The van der Waals surface area contributed by atoms with Crippen molar-refractivity contribution in [1.82, 2.24) is 0 Å². The highest BCUT2D eigenvalue weighted by atomic mass is 16.6. The van der Waals surface area contributed by atoms with Crippen LogP contribution in [0, 0.1) is 29.1 Å². The van der Waals surface area contributed by atoms with Crippen molar-refractivity contribution in [2.45, 2.75) is 147 Å². The van der Waals surface area contributed by atoms with Gasteiger partial charge in [0.2, 0.25) is 0 Å². The molecule has 0 amide bonds. The number of carbonyl (C=O) groups is 2. The molecule has 0 aromatic heterocycles. The Balaban J connectivity index is 1.65. The Morgan fingerprint density at radius 3 is 2.07 bits per heavy atom. The summed E-state index contributed by atoms with van der Waals surface area (Å²) >= 11 is 0. The van der Waals surface area contributed by atoms with E-state index in [2.05, 4.69) is 13.8 Å². The van der Waals surface area contributed by atoms with Crippen LogP contribution in [0.3, 0.4) is 0 Å². The zero-order valence-electron chi connectivity index (χ0n) is 27.3. The number of carbonyl (C=O) groups excluding carboxylic acids is 2. The molecule has 1 heterocycles. The molecule has 4 aliphatic carbocycles. The molecule has 1 aliphatic heterocycles. The van der Waals surface area contributed by atoms with Crippen molar-refractivity contribution in [3.05, 3.63) is 23.3 Å². The van der Waals surface area contributed by atoms with Gasteiger partial charge < -0.3 is 24.8 Å². The second-order valence-corrected chi connectivity index (χ2v) is 15.1. The number of rotatable bonds is 2. The van der Waals surface area contributed by atoms with Crippen molar-refractivity contribution in [1.29, 1.82) is 0 Å². The maximum absolute atomic E-state index is 13.5. The molecule has 3 fully saturated rings. The summed E-state index contributed by atoms with van der Waals surface area (Å²) in [6.07, 6.45) is 17.8. The topological polar surface area (TPSA) is 113 Å². The van der Waals surface area contributed by atoms with Crippen LogP contribution in [-0.4, -0.2) is 62.7 Å². The molecule has 242 valence electrons. The van der Waals surface area contributed by atoms with Crippen LogP contribution in [0.4, 0.5) is 0 Å². The smallest absolute Gasteiger partial charge is 0.303 e. The lowest BCUT2D eigenvalue weighted by atomic mass is 9.54. The fourth-order valence-corrected chi connectivity index (χ4v) is 10.4. The van der Waals surface area contributed by atoms with Gasteiger partial charge in [0.15, 0.2) is 5.78 Å². The molecule has 0 aromatic rings. The van der Waals surface area contributed by atoms with Crippen LogP contribution in [-0.2, 0) is 19.1 Å². The van der Waals surface area contributed by atoms with Crippen LogP contribution in [0.25, 0.3) is 0 Å². The normalized spacial score (nSPS) is 43.9. The molecule has 5 rings (SSSR count). The summed E-state index contributed by atoms with van der Waals surface area (Å²) < 4.78 is 13.6. The lowest BCUT2D eigenvalue weighted by molar-refractivity contribution is -0.273. The summed E-state index contributed by atoms with van der Waals surface area (Å²) in [5, 5.41) is 35.7. The van der Waals surface area contributed by atoms with E-state index < -0.39 is 57.3 Å². The molecule has 2 saturated carbocycles. The fraction of sp³-hybridized carbons (Fsp3) is 0.833. The zero-order chi connectivity index (χ0) is 31.3. The molecule has 0 aromatic carbocycles. The molecule has 5 aliphatic rings. The van der Waals surface area contributed by atoms with Crippen molar-refractivity contribution in [3.8, 4) is 0 Å². The summed E-state index contributed by atoms with van der Waals surface area (Å²) in [6.45, 7) is 9.62. The highest BCUT2D eigenvalue weighted by Gasteiger charge is 2.90. The van der Waals surface area contributed by atoms with E-state index in [4.69, 9.17) is 9.47 Å². The van der Waals surface area contributed by atoms with Crippen LogP contribution in [0.1, 0.15) is 125 Å². The molecule has 8 atom stereocenters. The molecule has 1 spiro atoms. The Morgan fingerprint density at radius 2 is 1.51 bits per heavy atom. The van der Waals surface area contributed by atoms with Crippen LogP contribution >= 0.6 is 0 Å². The van der Waals surface area contributed by atoms with E-state index in [-0.39, 0.29) is 18.9 Å². The third-order valence-electron chi connectivity index (χ3n) is 12.4. The summed E-state index contributed by atoms with van der Waals surface area (Å²) in [6, 6.07) is 0. The predicted octanol–water partition coefficient (Wildman–Crippen LogP) is 5.98. The third-order valence-corrected chi connectivity index (χ3v) is 12.4. The molecule has 0 bridgehead atoms. The van der Waals surface area contributed by atoms with Crippen LogP contribution < -0.4 is 0 Å². The number of fused-ring (bicyclic) bond motifs is 4. The highest BCUT2D eigenvalue weighted by molar-refractivity contribution is 6.04. The van der Waals surface area contributed by atoms with Gasteiger partial charge in [-0.25, -0.2) is 0 Å². The average Bonchev–Trinajstić information content (AvgIpc) is 3.40. The van der Waals surface area contributed by atoms with Gasteiger partial charge in [0.25, 0.3) is 0 Å². The maximum Gasteiger partial charge on any atom is 0.303 e. The first-order valence-corrected chi connectivity index (χ1v) is 17.2. The van der Waals surface area contributed by atoms with Crippen LogP contribution in [0.2, 0.25) is 0 Å². The first kappa shape index (κ1) is 32.8. The second-order valence-electron chi connectivity index (χ2n) is 15.1. The number of ether oxygens (including phenoxy) is 2. The van der Waals surface area contributed by atoms with E-state index in [1.165, 1.54) is 51.9 Å². The fourth-order valence-electron chi connectivity index (χ4n) is 10.4. The van der Waals surface area contributed by atoms with E-state index in [1.807, 2.05) is 13.0 Å². The highest BCUT2D eigenvalue weighted by Crippen LogP contribution is 2.80. The van der Waals surface area contributed by atoms with E-state index in [0.29, 0.717) is 24.2 Å². The van der Waals surface area contributed by atoms with Crippen LogP contribution in [0.5, 0.6) is 0 Å². The van der Waals surface area contributed by atoms with Gasteiger partial charge in [-0.1, -0.05) is 97.1 Å². The van der Waals surface area contributed by atoms with Crippen molar-refractivity contribution >= 4 is 11.8 Å².